The minimum atomic E-state index is -4.54. The minimum absolute atomic E-state index is 0.110. The molecule has 6 nitrogen and oxygen atoms in total. The number of rotatable bonds is 7. The Balaban J connectivity index is 1.84. The minimum Gasteiger partial charge on any atom is -0.462 e. The molecule has 0 radical (unpaired) electrons. The Bertz CT molecular complexity index is 1180. The van der Waals surface area contributed by atoms with Gasteiger partial charge in [0.1, 0.15) is 0 Å². The predicted octanol–water partition coefficient (Wildman–Crippen LogP) is 5.68. The quantitative estimate of drug-likeness (QED) is 0.362. The van der Waals surface area contributed by atoms with E-state index in [9.17, 15) is 22.8 Å². The number of nitrogens with one attached hydrogen (secondary N) is 2. The van der Waals surface area contributed by atoms with Gasteiger partial charge in [-0.3, -0.25) is 4.79 Å². The molecule has 0 aromatic heterocycles. The number of carbonyl (C=O) groups is 2. The summed E-state index contributed by atoms with van der Waals surface area (Å²) in [7, 11) is 0. The van der Waals surface area contributed by atoms with Crippen LogP contribution in [-0.4, -0.2) is 35.0 Å². The van der Waals surface area contributed by atoms with Gasteiger partial charge in [-0.2, -0.15) is 13.2 Å². The van der Waals surface area contributed by atoms with Crippen LogP contribution in [0.25, 0.3) is 0 Å². The van der Waals surface area contributed by atoms with Crippen LogP contribution in [0.1, 0.15) is 55.2 Å². The summed E-state index contributed by atoms with van der Waals surface area (Å²) < 4.78 is 44.4. The number of benzene rings is 2. The lowest BCUT2D eigenvalue weighted by Gasteiger charge is -2.37. The van der Waals surface area contributed by atoms with Crippen LogP contribution >= 0.6 is 12.2 Å². The summed E-state index contributed by atoms with van der Waals surface area (Å²) in [6, 6.07) is 10.3. The van der Waals surface area contributed by atoms with Gasteiger partial charge in [-0.1, -0.05) is 32.0 Å². The molecule has 10 heteroatoms. The normalized spacial score (nSPS) is 16.2. The summed E-state index contributed by atoms with van der Waals surface area (Å²) in [6.45, 7) is 8.50. The molecule has 36 heavy (non-hydrogen) atoms. The van der Waals surface area contributed by atoms with Crippen LogP contribution in [0, 0.1) is 5.92 Å². The lowest BCUT2D eigenvalue weighted by atomic mass is 9.94. The Hall–Kier alpha value is -3.40. The fourth-order valence-corrected chi connectivity index (χ4v) is 4.18. The Labute approximate surface area is 213 Å². The largest absolute Gasteiger partial charge is 0.462 e. The van der Waals surface area contributed by atoms with E-state index < -0.39 is 29.7 Å². The van der Waals surface area contributed by atoms with Crippen LogP contribution < -0.4 is 10.6 Å². The molecule has 3 rings (SSSR count). The van der Waals surface area contributed by atoms with Gasteiger partial charge in [0.25, 0.3) is 5.91 Å². The molecule has 1 atom stereocenters. The molecule has 1 heterocycles. The smallest absolute Gasteiger partial charge is 0.416 e. The van der Waals surface area contributed by atoms with Gasteiger partial charge in [-0.05, 0) is 67.9 Å². The highest BCUT2D eigenvalue weighted by Crippen LogP contribution is 2.32. The van der Waals surface area contributed by atoms with E-state index in [-0.39, 0.29) is 18.1 Å². The number of amides is 1. The molecular weight excluding hydrogens is 491 g/mol. The lowest BCUT2D eigenvalue weighted by Crippen LogP contribution is -2.47. The van der Waals surface area contributed by atoms with Crippen LogP contribution in [-0.2, 0) is 15.7 Å². The van der Waals surface area contributed by atoms with Gasteiger partial charge in [0, 0.05) is 23.5 Å². The highest BCUT2D eigenvalue weighted by atomic mass is 32.1. The maximum Gasteiger partial charge on any atom is 0.416 e. The number of carbonyl (C=O) groups excluding carboxylic acids is 2. The van der Waals surface area contributed by atoms with E-state index in [1.54, 1.807) is 24.3 Å². The fraction of sp³-hybridized carbons (Fsp3) is 0.346. The molecule has 0 aliphatic carbocycles. The maximum absolute atomic E-state index is 13.0. The van der Waals surface area contributed by atoms with E-state index in [1.165, 1.54) is 12.1 Å². The van der Waals surface area contributed by atoms with Crippen LogP contribution in [0.3, 0.4) is 0 Å². The topological polar surface area (TPSA) is 70.7 Å². The van der Waals surface area contributed by atoms with Gasteiger partial charge in [-0.15, -0.1) is 0 Å². The summed E-state index contributed by atoms with van der Waals surface area (Å²) in [4.78, 5) is 27.3. The SMILES string of the molecule is CCN1C(=S)NC(c2ccc(NC(=O)c3cccc(C(F)(F)F)c3)cc2)C(C(=O)OCC(C)C)=C1C. The zero-order chi connectivity index (χ0) is 26.6. The van der Waals surface area contributed by atoms with E-state index in [4.69, 9.17) is 17.0 Å². The zero-order valence-electron chi connectivity index (χ0n) is 20.4. The molecule has 0 saturated carbocycles. The summed E-state index contributed by atoms with van der Waals surface area (Å²) in [5.41, 5.74) is 1.22. The van der Waals surface area contributed by atoms with Crippen molar-refractivity contribution in [2.24, 2.45) is 5.92 Å². The third kappa shape index (κ3) is 6.23. The van der Waals surface area contributed by atoms with Gasteiger partial charge in [0.2, 0.25) is 0 Å². The van der Waals surface area contributed by atoms with Crippen molar-refractivity contribution in [1.82, 2.24) is 10.2 Å². The standard InChI is InChI=1S/C26H28F3N3O3S/c1-5-32-16(4)21(24(34)35-14-15(2)3)22(31-25(32)36)17-9-11-20(12-10-17)30-23(33)18-7-6-8-19(13-18)26(27,28)29/h6-13,15,22H,5,14H2,1-4H3,(H,30,33)(H,31,36). The first-order chi connectivity index (χ1) is 16.9. The summed E-state index contributed by atoms with van der Waals surface area (Å²) in [5.74, 6) is -0.937. The first-order valence-electron chi connectivity index (χ1n) is 11.5. The third-order valence-corrected chi connectivity index (χ3v) is 5.97. The second-order valence-electron chi connectivity index (χ2n) is 8.77. The molecule has 0 fully saturated rings. The number of thiocarbonyl (C=S) groups is 1. The fourth-order valence-electron chi connectivity index (χ4n) is 3.80. The van der Waals surface area contributed by atoms with E-state index >= 15 is 0 Å². The second kappa shape index (κ2) is 11.1. The van der Waals surface area contributed by atoms with Crippen molar-refractivity contribution in [2.45, 2.75) is 39.9 Å². The van der Waals surface area contributed by atoms with Crippen molar-refractivity contribution >= 4 is 34.9 Å². The van der Waals surface area contributed by atoms with Crippen molar-refractivity contribution in [1.29, 1.82) is 0 Å². The summed E-state index contributed by atoms with van der Waals surface area (Å²) in [6.07, 6.45) is -4.54. The molecule has 0 spiro atoms. The Kier molecular flexibility index (Phi) is 8.39. The molecule has 1 unspecified atom stereocenters. The van der Waals surface area contributed by atoms with Gasteiger partial charge >= 0.3 is 12.1 Å². The number of esters is 1. The van der Waals surface area contributed by atoms with Crippen molar-refractivity contribution in [3.05, 3.63) is 76.5 Å². The van der Waals surface area contributed by atoms with Crippen molar-refractivity contribution in [3.63, 3.8) is 0 Å². The molecule has 1 aliphatic rings. The number of nitrogens with zero attached hydrogens (tertiary/aromatic N) is 1. The van der Waals surface area contributed by atoms with Crippen LogP contribution in [0.4, 0.5) is 18.9 Å². The van der Waals surface area contributed by atoms with Gasteiger partial charge in [0.05, 0.1) is 23.8 Å². The van der Waals surface area contributed by atoms with E-state index in [2.05, 4.69) is 10.6 Å². The average Bonchev–Trinajstić information content (AvgIpc) is 2.82. The van der Waals surface area contributed by atoms with Crippen molar-refractivity contribution in [3.8, 4) is 0 Å². The third-order valence-electron chi connectivity index (χ3n) is 5.63. The summed E-state index contributed by atoms with van der Waals surface area (Å²) >= 11 is 5.49. The van der Waals surface area contributed by atoms with Gasteiger partial charge < -0.3 is 20.3 Å². The molecule has 192 valence electrons. The van der Waals surface area contributed by atoms with E-state index in [1.807, 2.05) is 32.6 Å². The number of hydrogen-bond acceptors (Lipinski definition) is 4. The molecule has 1 aliphatic heterocycles. The molecule has 2 aromatic carbocycles. The molecule has 2 aromatic rings. The number of ether oxygens (including phenoxy) is 1. The molecule has 1 amide bonds. The molecular formula is C26H28F3N3O3S. The number of halogens is 3. The molecule has 0 saturated heterocycles. The average molecular weight is 520 g/mol. The Morgan fingerprint density at radius 2 is 1.83 bits per heavy atom. The number of anilines is 1. The van der Waals surface area contributed by atoms with Gasteiger partial charge in [0.15, 0.2) is 5.11 Å². The number of alkyl halides is 3. The van der Waals surface area contributed by atoms with Crippen molar-refractivity contribution in [2.75, 3.05) is 18.5 Å². The predicted molar refractivity (Wildman–Crippen MR) is 135 cm³/mol. The summed E-state index contributed by atoms with van der Waals surface area (Å²) in [5, 5.41) is 6.27. The van der Waals surface area contributed by atoms with Crippen LogP contribution in [0.15, 0.2) is 59.8 Å². The monoisotopic (exact) mass is 519 g/mol. The highest BCUT2D eigenvalue weighted by molar-refractivity contribution is 7.80. The maximum atomic E-state index is 13.0. The first kappa shape index (κ1) is 27.2. The second-order valence-corrected chi connectivity index (χ2v) is 9.16. The Morgan fingerprint density at radius 1 is 1.17 bits per heavy atom. The van der Waals surface area contributed by atoms with Crippen LogP contribution in [0.5, 0.6) is 0 Å². The first-order valence-corrected chi connectivity index (χ1v) is 11.9. The van der Waals surface area contributed by atoms with E-state index in [0.717, 1.165) is 12.1 Å². The molecule has 0 bridgehead atoms. The Morgan fingerprint density at radius 3 is 2.42 bits per heavy atom. The lowest BCUT2D eigenvalue weighted by molar-refractivity contribution is -0.140. The van der Waals surface area contributed by atoms with E-state index in [0.29, 0.717) is 34.2 Å². The van der Waals surface area contributed by atoms with Gasteiger partial charge in [-0.25, -0.2) is 4.79 Å². The highest BCUT2D eigenvalue weighted by Gasteiger charge is 2.34. The van der Waals surface area contributed by atoms with Crippen LogP contribution in [0.2, 0.25) is 0 Å². The number of allylic oxidation sites excluding steroid dienone is 1. The number of hydrogen-bond donors (Lipinski definition) is 2. The zero-order valence-corrected chi connectivity index (χ0v) is 21.2. The van der Waals surface area contributed by atoms with Crippen molar-refractivity contribution < 1.29 is 27.5 Å². The molecule has 2 N–H and O–H groups in total.